The molecule has 1 aromatic carbocycles. The van der Waals surface area contributed by atoms with Crippen LogP contribution in [0, 0.1) is 13.8 Å². The summed E-state index contributed by atoms with van der Waals surface area (Å²) in [6.45, 7) is 7.78. The van der Waals surface area contributed by atoms with Gasteiger partial charge in [0.1, 0.15) is 0 Å². The fraction of sp³-hybridized carbons (Fsp3) is 0.231. The number of carbonyl (C=O) groups is 2. The number of hydrogen-bond donors (Lipinski definition) is 0. The van der Waals surface area contributed by atoms with Crippen LogP contribution in [-0.2, 0) is 4.79 Å². The summed E-state index contributed by atoms with van der Waals surface area (Å²) in [5, 5.41) is 0. The van der Waals surface area contributed by atoms with Gasteiger partial charge < -0.3 is 4.90 Å². The maximum Gasteiger partial charge on any atom is 0.299 e. The van der Waals surface area contributed by atoms with Gasteiger partial charge in [0.25, 0.3) is 11.7 Å². The smallest absolute Gasteiger partial charge is 0.299 e. The van der Waals surface area contributed by atoms with Crippen molar-refractivity contribution >= 4 is 17.4 Å². The molecule has 1 amide bonds. The van der Waals surface area contributed by atoms with Crippen molar-refractivity contribution in [1.29, 1.82) is 0 Å². The standard InChI is InChI=1S/C13H13NO2/c1-4-5-14-10-7-8(2)6-9(3)11(10)12(15)13(14)16/h4,6-7H,1,5H2,2-3H3. The fourth-order valence-corrected chi connectivity index (χ4v) is 2.10. The molecular weight excluding hydrogens is 202 g/mol. The Bertz CT molecular complexity index is 503. The molecule has 0 unspecified atom stereocenters. The van der Waals surface area contributed by atoms with Crippen molar-refractivity contribution in [3.05, 3.63) is 41.5 Å². The molecule has 1 aromatic rings. The van der Waals surface area contributed by atoms with E-state index in [1.165, 1.54) is 4.90 Å². The van der Waals surface area contributed by atoms with Crippen molar-refractivity contribution < 1.29 is 9.59 Å². The summed E-state index contributed by atoms with van der Waals surface area (Å²) in [5.74, 6) is -0.863. The molecule has 1 aliphatic heterocycles. The van der Waals surface area contributed by atoms with E-state index in [1.54, 1.807) is 6.08 Å². The zero-order chi connectivity index (χ0) is 11.9. The molecule has 0 saturated carbocycles. The highest BCUT2D eigenvalue weighted by molar-refractivity contribution is 6.52. The van der Waals surface area contributed by atoms with Gasteiger partial charge in [0, 0.05) is 6.54 Å². The molecule has 0 aliphatic carbocycles. The van der Waals surface area contributed by atoms with Gasteiger partial charge in [0.2, 0.25) is 0 Å². The van der Waals surface area contributed by atoms with Gasteiger partial charge in [-0.3, -0.25) is 9.59 Å². The van der Waals surface area contributed by atoms with E-state index in [0.29, 0.717) is 17.8 Å². The lowest BCUT2D eigenvalue weighted by Gasteiger charge is -2.14. The first-order valence-corrected chi connectivity index (χ1v) is 5.14. The minimum atomic E-state index is -0.455. The van der Waals surface area contributed by atoms with Gasteiger partial charge in [-0.25, -0.2) is 0 Å². The van der Waals surface area contributed by atoms with Crippen LogP contribution in [0.5, 0.6) is 0 Å². The average molecular weight is 215 g/mol. The Morgan fingerprint density at radius 3 is 2.62 bits per heavy atom. The lowest BCUT2D eigenvalue weighted by molar-refractivity contribution is -0.114. The molecule has 0 aromatic heterocycles. The quantitative estimate of drug-likeness (QED) is 0.559. The molecular formula is C13H13NO2. The molecule has 0 radical (unpaired) electrons. The van der Waals surface area contributed by atoms with Gasteiger partial charge in [0.05, 0.1) is 11.3 Å². The zero-order valence-electron chi connectivity index (χ0n) is 9.41. The van der Waals surface area contributed by atoms with Crippen LogP contribution < -0.4 is 4.90 Å². The van der Waals surface area contributed by atoms with Crippen molar-refractivity contribution in [3.63, 3.8) is 0 Å². The number of amides is 1. The highest BCUT2D eigenvalue weighted by Crippen LogP contribution is 2.32. The van der Waals surface area contributed by atoms with Gasteiger partial charge in [0.15, 0.2) is 0 Å². The van der Waals surface area contributed by atoms with Gasteiger partial charge in [-0.05, 0) is 31.0 Å². The Morgan fingerprint density at radius 2 is 2.00 bits per heavy atom. The van der Waals surface area contributed by atoms with Crippen LogP contribution >= 0.6 is 0 Å². The third-order valence-electron chi connectivity index (χ3n) is 2.73. The van der Waals surface area contributed by atoms with E-state index in [4.69, 9.17) is 0 Å². The third-order valence-corrected chi connectivity index (χ3v) is 2.73. The van der Waals surface area contributed by atoms with Crippen LogP contribution in [0.1, 0.15) is 21.5 Å². The third kappa shape index (κ3) is 1.36. The molecule has 1 aliphatic rings. The molecule has 1 heterocycles. The Morgan fingerprint density at radius 1 is 1.31 bits per heavy atom. The summed E-state index contributed by atoms with van der Waals surface area (Å²) in [4.78, 5) is 25.0. The average Bonchev–Trinajstić information content (AvgIpc) is 2.44. The maximum absolute atomic E-state index is 11.8. The zero-order valence-corrected chi connectivity index (χ0v) is 9.41. The number of anilines is 1. The second-order valence-electron chi connectivity index (χ2n) is 4.01. The number of hydrogen-bond acceptors (Lipinski definition) is 2. The van der Waals surface area contributed by atoms with Crippen LogP contribution in [0.25, 0.3) is 0 Å². The van der Waals surface area contributed by atoms with E-state index in [2.05, 4.69) is 6.58 Å². The van der Waals surface area contributed by atoms with Gasteiger partial charge in [-0.15, -0.1) is 6.58 Å². The maximum atomic E-state index is 11.8. The van der Waals surface area contributed by atoms with E-state index in [9.17, 15) is 9.59 Å². The van der Waals surface area contributed by atoms with Crippen molar-refractivity contribution in [3.8, 4) is 0 Å². The van der Waals surface area contributed by atoms with Crippen LogP contribution in [-0.4, -0.2) is 18.2 Å². The predicted molar refractivity (Wildman–Crippen MR) is 62.8 cm³/mol. The molecule has 0 fully saturated rings. The second-order valence-corrected chi connectivity index (χ2v) is 4.01. The van der Waals surface area contributed by atoms with Crippen molar-refractivity contribution in [2.45, 2.75) is 13.8 Å². The molecule has 3 nitrogen and oxygen atoms in total. The minimum absolute atomic E-state index is 0.375. The topological polar surface area (TPSA) is 37.4 Å². The predicted octanol–water partition coefficient (Wildman–Crippen LogP) is 2.02. The molecule has 0 saturated heterocycles. The number of rotatable bonds is 2. The van der Waals surface area contributed by atoms with E-state index >= 15 is 0 Å². The Balaban J connectivity index is 2.65. The fourth-order valence-electron chi connectivity index (χ4n) is 2.10. The second kappa shape index (κ2) is 3.59. The number of Topliss-reactive ketones (excluding diaryl/α,β-unsaturated/α-hetero) is 1. The van der Waals surface area contributed by atoms with Gasteiger partial charge in [-0.2, -0.15) is 0 Å². The summed E-state index contributed by atoms with van der Waals surface area (Å²) in [6, 6.07) is 3.79. The van der Waals surface area contributed by atoms with Gasteiger partial charge in [-0.1, -0.05) is 12.1 Å². The summed E-state index contributed by atoms with van der Waals surface area (Å²) in [5.41, 5.74) is 3.16. The molecule has 2 rings (SSSR count). The first-order valence-electron chi connectivity index (χ1n) is 5.14. The van der Waals surface area contributed by atoms with Crippen LogP contribution in [0.3, 0.4) is 0 Å². The van der Waals surface area contributed by atoms with Crippen molar-refractivity contribution in [2.24, 2.45) is 0 Å². The summed E-state index contributed by atoms with van der Waals surface area (Å²) in [6.07, 6.45) is 1.62. The summed E-state index contributed by atoms with van der Waals surface area (Å²) in [7, 11) is 0. The van der Waals surface area contributed by atoms with E-state index in [-0.39, 0.29) is 0 Å². The first kappa shape index (κ1) is 10.6. The molecule has 82 valence electrons. The first-order chi connectivity index (χ1) is 7.56. The van der Waals surface area contributed by atoms with Gasteiger partial charge >= 0.3 is 0 Å². The highest BCUT2D eigenvalue weighted by atomic mass is 16.2. The Hall–Kier alpha value is -1.90. The molecule has 0 bridgehead atoms. The highest BCUT2D eigenvalue weighted by Gasteiger charge is 2.36. The number of carbonyl (C=O) groups excluding carboxylic acids is 2. The number of ketones is 1. The molecule has 0 N–H and O–H groups in total. The minimum Gasteiger partial charge on any atom is -0.301 e. The SMILES string of the molecule is C=CCN1C(=O)C(=O)c2c(C)cc(C)cc21. The van der Waals surface area contributed by atoms with Crippen LogP contribution in [0.2, 0.25) is 0 Å². The van der Waals surface area contributed by atoms with E-state index in [0.717, 1.165) is 11.1 Å². The largest absolute Gasteiger partial charge is 0.301 e. The summed E-state index contributed by atoms with van der Waals surface area (Å²) >= 11 is 0. The normalized spacial score (nSPS) is 14.2. The molecule has 0 atom stereocenters. The van der Waals surface area contributed by atoms with E-state index in [1.807, 2.05) is 26.0 Å². The lowest BCUT2D eigenvalue weighted by Crippen LogP contribution is -2.29. The van der Waals surface area contributed by atoms with Crippen molar-refractivity contribution in [1.82, 2.24) is 0 Å². The summed E-state index contributed by atoms with van der Waals surface area (Å²) < 4.78 is 0. The number of aryl methyl sites for hydroxylation is 2. The Kier molecular flexibility index (Phi) is 2.38. The lowest BCUT2D eigenvalue weighted by atomic mass is 10.0. The monoisotopic (exact) mass is 215 g/mol. The van der Waals surface area contributed by atoms with E-state index < -0.39 is 11.7 Å². The Labute approximate surface area is 94.4 Å². The molecule has 0 spiro atoms. The number of nitrogens with zero attached hydrogens (tertiary/aromatic N) is 1. The van der Waals surface area contributed by atoms with Crippen LogP contribution in [0.4, 0.5) is 5.69 Å². The van der Waals surface area contributed by atoms with Crippen molar-refractivity contribution in [2.75, 3.05) is 11.4 Å². The number of fused-ring (bicyclic) bond motifs is 1. The molecule has 3 heteroatoms. The molecule has 16 heavy (non-hydrogen) atoms. The van der Waals surface area contributed by atoms with Crippen LogP contribution in [0.15, 0.2) is 24.8 Å². The number of benzene rings is 1.